The number of methoxy groups -OCH3 is 1. The van der Waals surface area contributed by atoms with E-state index in [0.717, 1.165) is 16.7 Å². The molecule has 0 radical (unpaired) electrons. The van der Waals surface area contributed by atoms with Crippen molar-refractivity contribution in [1.82, 2.24) is 4.90 Å². The van der Waals surface area contributed by atoms with Crippen molar-refractivity contribution < 1.29 is 28.5 Å². The summed E-state index contributed by atoms with van der Waals surface area (Å²) < 4.78 is 22.3. The van der Waals surface area contributed by atoms with Gasteiger partial charge < -0.3 is 18.9 Å². The Morgan fingerprint density at radius 3 is 2.68 bits per heavy atom. The zero-order chi connectivity index (χ0) is 22.1. The van der Waals surface area contributed by atoms with Crippen molar-refractivity contribution in [2.24, 2.45) is 0 Å². The van der Waals surface area contributed by atoms with Crippen molar-refractivity contribution in [3.8, 4) is 23.0 Å². The van der Waals surface area contributed by atoms with Crippen molar-refractivity contribution in [1.29, 1.82) is 0 Å². The molecule has 2 aromatic rings. The van der Waals surface area contributed by atoms with Crippen LogP contribution in [-0.4, -0.2) is 36.6 Å². The summed E-state index contributed by atoms with van der Waals surface area (Å²) in [4.78, 5) is 26.9. The summed E-state index contributed by atoms with van der Waals surface area (Å²) >= 11 is 10.6. The quantitative estimate of drug-likeness (QED) is 0.462. The summed E-state index contributed by atoms with van der Waals surface area (Å²) in [6.45, 7) is 2.51. The lowest BCUT2D eigenvalue weighted by Crippen LogP contribution is -2.27. The van der Waals surface area contributed by atoms with Crippen molar-refractivity contribution in [2.45, 2.75) is 13.5 Å². The van der Waals surface area contributed by atoms with Gasteiger partial charge in [0.15, 0.2) is 23.0 Å². The second kappa shape index (κ2) is 9.02. The van der Waals surface area contributed by atoms with E-state index in [2.05, 4.69) is 15.9 Å². The van der Waals surface area contributed by atoms with Gasteiger partial charge in [-0.15, -0.1) is 0 Å². The van der Waals surface area contributed by atoms with E-state index in [-0.39, 0.29) is 18.6 Å². The Labute approximate surface area is 196 Å². The Morgan fingerprint density at radius 2 is 1.97 bits per heavy atom. The molecule has 31 heavy (non-hydrogen) atoms. The SMILES string of the molecule is CCOc1c(Br)cc(/C=C2\SC(=O)N(Cc3cc4c(cc3Cl)OCO4)C2=O)cc1OC. The molecule has 2 aliphatic heterocycles. The largest absolute Gasteiger partial charge is 0.493 e. The molecule has 1 fully saturated rings. The van der Waals surface area contributed by atoms with Crippen molar-refractivity contribution in [3.63, 3.8) is 0 Å². The third-order valence-electron chi connectivity index (χ3n) is 4.58. The molecule has 0 unspecified atom stereocenters. The monoisotopic (exact) mass is 525 g/mol. The van der Waals surface area contributed by atoms with Gasteiger partial charge in [-0.1, -0.05) is 11.6 Å². The van der Waals surface area contributed by atoms with E-state index in [9.17, 15) is 9.59 Å². The molecule has 2 amide bonds. The third-order valence-corrected chi connectivity index (χ3v) is 6.43. The zero-order valence-electron chi connectivity index (χ0n) is 16.6. The average molecular weight is 527 g/mol. The van der Waals surface area contributed by atoms with Gasteiger partial charge in [-0.25, -0.2) is 0 Å². The summed E-state index contributed by atoms with van der Waals surface area (Å²) in [6.07, 6.45) is 1.65. The maximum absolute atomic E-state index is 12.9. The minimum atomic E-state index is -0.396. The van der Waals surface area contributed by atoms with Crippen LogP contribution in [0.15, 0.2) is 33.6 Å². The number of carbonyl (C=O) groups is 2. The molecule has 0 spiro atoms. The Bertz CT molecular complexity index is 1110. The van der Waals surface area contributed by atoms with Crippen LogP contribution in [0.5, 0.6) is 23.0 Å². The predicted molar refractivity (Wildman–Crippen MR) is 121 cm³/mol. The number of thioether (sulfide) groups is 1. The Balaban J connectivity index is 1.59. The fourth-order valence-electron chi connectivity index (χ4n) is 3.15. The number of carbonyl (C=O) groups excluding carboxylic acids is 2. The molecule has 0 aromatic heterocycles. The van der Waals surface area contributed by atoms with Crippen LogP contribution in [0.2, 0.25) is 5.02 Å². The van der Waals surface area contributed by atoms with Gasteiger partial charge in [-0.05, 0) is 70.0 Å². The molecule has 10 heteroatoms. The average Bonchev–Trinajstić information content (AvgIpc) is 3.29. The normalized spacial score (nSPS) is 16.4. The molecular weight excluding hydrogens is 510 g/mol. The number of benzene rings is 2. The van der Waals surface area contributed by atoms with Crippen LogP contribution in [0.25, 0.3) is 6.08 Å². The van der Waals surface area contributed by atoms with Gasteiger partial charge in [0.25, 0.3) is 11.1 Å². The van der Waals surface area contributed by atoms with Crippen LogP contribution in [0.4, 0.5) is 4.79 Å². The molecule has 0 N–H and O–H groups in total. The summed E-state index contributed by atoms with van der Waals surface area (Å²) in [5.41, 5.74) is 1.29. The van der Waals surface area contributed by atoms with E-state index in [4.69, 9.17) is 30.5 Å². The first-order chi connectivity index (χ1) is 14.9. The standard InChI is InChI=1S/C21H17BrClNO6S/c1-3-28-19-13(22)4-11(5-17(19)27-2)6-18-20(25)24(21(26)31-18)9-12-7-15-16(8-14(12)23)30-10-29-15/h4-8H,3,9-10H2,1-2H3/b18-6-. The maximum Gasteiger partial charge on any atom is 0.293 e. The molecular formula is C21H17BrClNO6S. The minimum Gasteiger partial charge on any atom is -0.493 e. The molecule has 0 atom stereocenters. The highest BCUT2D eigenvalue weighted by Gasteiger charge is 2.36. The highest BCUT2D eigenvalue weighted by Crippen LogP contribution is 2.41. The Morgan fingerprint density at radius 1 is 1.23 bits per heavy atom. The first-order valence-electron chi connectivity index (χ1n) is 9.25. The van der Waals surface area contributed by atoms with E-state index < -0.39 is 5.91 Å². The molecule has 1 saturated heterocycles. The molecule has 2 aliphatic rings. The van der Waals surface area contributed by atoms with E-state index in [0.29, 0.717) is 55.1 Å². The first kappa shape index (κ1) is 21.9. The number of rotatable bonds is 6. The van der Waals surface area contributed by atoms with E-state index in [1.807, 2.05) is 6.92 Å². The number of hydrogen-bond donors (Lipinski definition) is 0. The smallest absolute Gasteiger partial charge is 0.293 e. The first-order valence-corrected chi connectivity index (χ1v) is 11.2. The summed E-state index contributed by atoms with van der Waals surface area (Å²) in [7, 11) is 1.54. The minimum absolute atomic E-state index is 0.0355. The van der Waals surface area contributed by atoms with Gasteiger partial charge in [-0.2, -0.15) is 0 Å². The van der Waals surface area contributed by atoms with Crippen LogP contribution in [-0.2, 0) is 11.3 Å². The van der Waals surface area contributed by atoms with Gasteiger partial charge >= 0.3 is 0 Å². The molecule has 2 heterocycles. The van der Waals surface area contributed by atoms with Crippen molar-refractivity contribution in [2.75, 3.05) is 20.5 Å². The van der Waals surface area contributed by atoms with Crippen LogP contribution < -0.4 is 18.9 Å². The van der Waals surface area contributed by atoms with Crippen LogP contribution in [0, 0.1) is 0 Å². The molecule has 4 rings (SSSR count). The zero-order valence-corrected chi connectivity index (χ0v) is 19.7. The van der Waals surface area contributed by atoms with Crippen LogP contribution >= 0.6 is 39.3 Å². The Kier molecular flexibility index (Phi) is 6.36. The number of amides is 2. The predicted octanol–water partition coefficient (Wildman–Crippen LogP) is 5.48. The third kappa shape index (κ3) is 4.35. The fourth-order valence-corrected chi connectivity index (χ4v) is 4.77. The number of imide groups is 1. The number of nitrogens with zero attached hydrogens (tertiary/aromatic N) is 1. The second-order valence-electron chi connectivity index (χ2n) is 6.53. The Hall–Kier alpha value is -2.36. The van der Waals surface area contributed by atoms with E-state index >= 15 is 0 Å². The van der Waals surface area contributed by atoms with Gasteiger partial charge in [0, 0.05) is 11.1 Å². The highest BCUT2D eigenvalue weighted by atomic mass is 79.9. The number of hydrogen-bond acceptors (Lipinski definition) is 7. The molecule has 0 aliphatic carbocycles. The summed E-state index contributed by atoms with van der Waals surface area (Å²) in [5, 5.41) is 0.0226. The number of halogens is 2. The molecule has 2 aromatic carbocycles. The highest BCUT2D eigenvalue weighted by molar-refractivity contribution is 9.10. The fraction of sp³-hybridized carbons (Fsp3) is 0.238. The van der Waals surface area contributed by atoms with E-state index in [1.165, 1.54) is 7.11 Å². The molecule has 162 valence electrons. The van der Waals surface area contributed by atoms with Crippen LogP contribution in [0.1, 0.15) is 18.1 Å². The molecule has 7 nitrogen and oxygen atoms in total. The second-order valence-corrected chi connectivity index (χ2v) is 8.79. The topological polar surface area (TPSA) is 74.3 Å². The van der Waals surface area contributed by atoms with Gasteiger partial charge in [0.2, 0.25) is 6.79 Å². The number of fused-ring (bicyclic) bond motifs is 1. The van der Waals surface area contributed by atoms with Crippen LogP contribution in [0.3, 0.4) is 0 Å². The number of ether oxygens (including phenoxy) is 4. The molecule has 0 bridgehead atoms. The van der Waals surface area contributed by atoms with Crippen molar-refractivity contribution >= 4 is 56.5 Å². The van der Waals surface area contributed by atoms with E-state index in [1.54, 1.807) is 30.3 Å². The summed E-state index contributed by atoms with van der Waals surface area (Å²) in [6, 6.07) is 6.86. The van der Waals surface area contributed by atoms with Gasteiger partial charge in [0.1, 0.15) is 0 Å². The lowest BCUT2D eigenvalue weighted by atomic mass is 10.1. The summed E-state index contributed by atoms with van der Waals surface area (Å²) in [5.74, 6) is 1.78. The van der Waals surface area contributed by atoms with Crippen molar-refractivity contribution in [3.05, 3.63) is 49.8 Å². The lowest BCUT2D eigenvalue weighted by molar-refractivity contribution is -0.123. The molecule has 0 saturated carbocycles. The van der Waals surface area contributed by atoms with Gasteiger partial charge in [0.05, 0.1) is 29.6 Å². The maximum atomic E-state index is 12.9. The van der Waals surface area contributed by atoms with Gasteiger partial charge in [-0.3, -0.25) is 14.5 Å². The lowest BCUT2D eigenvalue weighted by Gasteiger charge is -2.14.